The van der Waals surface area contributed by atoms with Crippen LogP contribution in [0.1, 0.15) is 34.9 Å². The molecule has 2 heterocycles. The van der Waals surface area contributed by atoms with E-state index in [0.29, 0.717) is 0 Å². The van der Waals surface area contributed by atoms with Crippen molar-refractivity contribution in [3.8, 4) is 5.75 Å². The van der Waals surface area contributed by atoms with Crippen molar-refractivity contribution in [1.82, 2.24) is 0 Å². The Bertz CT molecular complexity index is 1140. The number of Topliss-reactive ketones (excluding diaryl/α,β-unsaturated/α-hetero) is 1. The molecule has 1 aromatic heterocycles. The number of aliphatic hydroxyl groups is 3. The molecular weight excluding hydrogens is 408 g/mol. The van der Waals surface area contributed by atoms with E-state index in [4.69, 9.17) is 13.9 Å². The van der Waals surface area contributed by atoms with Crippen LogP contribution in [0.15, 0.2) is 51.7 Å². The highest BCUT2D eigenvalue weighted by Gasteiger charge is 2.85. The van der Waals surface area contributed by atoms with Crippen molar-refractivity contribution in [1.29, 1.82) is 0 Å². The van der Waals surface area contributed by atoms with Gasteiger partial charge in [0, 0.05) is 24.5 Å². The predicted molar refractivity (Wildman–Crippen MR) is 102 cm³/mol. The Hall–Kier alpha value is -3.01. The number of methoxy groups -OCH3 is 1. The van der Waals surface area contributed by atoms with E-state index in [1.165, 1.54) is 25.3 Å². The molecule has 31 heavy (non-hydrogen) atoms. The minimum atomic E-state index is -2.74. The Balaban J connectivity index is 1.76. The molecule has 0 amide bonds. The number of hydrogen-bond donors (Lipinski definition) is 3. The van der Waals surface area contributed by atoms with Crippen molar-refractivity contribution >= 4 is 11.8 Å². The van der Waals surface area contributed by atoms with Crippen molar-refractivity contribution in [2.75, 3.05) is 7.11 Å². The lowest BCUT2D eigenvalue weighted by Gasteiger charge is -2.49. The first kappa shape index (κ1) is 19.9. The number of hydrogen-bond acceptors (Lipinski definition) is 9. The highest BCUT2D eigenvalue weighted by atomic mass is 16.6. The summed E-state index contributed by atoms with van der Waals surface area (Å²) in [4.78, 5) is 38.4. The van der Waals surface area contributed by atoms with Crippen molar-refractivity contribution in [3.05, 3.63) is 64.2 Å². The minimum absolute atomic E-state index is 0.106. The van der Waals surface area contributed by atoms with E-state index in [1.54, 1.807) is 18.2 Å². The van der Waals surface area contributed by atoms with Crippen LogP contribution in [0.2, 0.25) is 0 Å². The van der Waals surface area contributed by atoms with E-state index >= 15 is 0 Å². The molecular formula is C22H20O9. The number of rotatable bonds is 4. The molecule has 1 saturated heterocycles. The number of ketones is 1. The molecule has 162 valence electrons. The molecule has 9 nitrogen and oxygen atoms in total. The van der Waals surface area contributed by atoms with Gasteiger partial charge < -0.3 is 29.2 Å². The fourth-order valence-corrected chi connectivity index (χ4v) is 5.72. The molecule has 1 aromatic carbocycles. The highest BCUT2D eigenvalue weighted by Crippen LogP contribution is 2.67. The SMILES string of the molecule is COc1cc([C@H]2[C@@]3(O)C[C@H]4C[C@@]2(O)[C@](O)(C(=O)O4)[C@H]3C(=O)c2ccccc2)oc(=O)c1. The molecule has 3 N–H and O–H groups in total. The molecule has 6 atom stereocenters. The molecule has 0 radical (unpaired) electrons. The van der Waals surface area contributed by atoms with Crippen LogP contribution in [0.25, 0.3) is 0 Å². The molecule has 1 aliphatic heterocycles. The lowest BCUT2D eigenvalue weighted by Crippen LogP contribution is -2.67. The summed E-state index contributed by atoms with van der Waals surface area (Å²) in [6.07, 6.45) is -1.37. The predicted octanol–water partition coefficient (Wildman–Crippen LogP) is 0.157. The van der Waals surface area contributed by atoms with Gasteiger partial charge >= 0.3 is 11.6 Å². The Kier molecular flexibility index (Phi) is 4.02. The van der Waals surface area contributed by atoms with Crippen LogP contribution in [-0.4, -0.2) is 57.1 Å². The van der Waals surface area contributed by atoms with E-state index in [1.807, 2.05) is 0 Å². The number of carbonyl (C=O) groups excluding carboxylic acids is 2. The average molecular weight is 428 g/mol. The Morgan fingerprint density at radius 3 is 2.48 bits per heavy atom. The molecule has 3 aliphatic rings. The molecule has 9 heteroatoms. The number of carbonyl (C=O) groups is 2. The Labute approximate surface area is 175 Å². The Morgan fingerprint density at radius 2 is 1.81 bits per heavy atom. The van der Waals surface area contributed by atoms with Gasteiger partial charge in [-0.3, -0.25) is 4.79 Å². The molecule has 2 saturated carbocycles. The van der Waals surface area contributed by atoms with E-state index in [2.05, 4.69) is 0 Å². The van der Waals surface area contributed by atoms with Gasteiger partial charge in [-0.25, -0.2) is 9.59 Å². The lowest BCUT2D eigenvalue weighted by molar-refractivity contribution is -0.234. The summed E-state index contributed by atoms with van der Waals surface area (Å²) in [5.74, 6) is -5.19. The molecule has 3 fully saturated rings. The van der Waals surface area contributed by atoms with Crippen LogP contribution >= 0.6 is 0 Å². The highest BCUT2D eigenvalue weighted by molar-refractivity contribution is 6.04. The van der Waals surface area contributed by atoms with E-state index in [-0.39, 0.29) is 29.9 Å². The first-order valence-electron chi connectivity index (χ1n) is 9.81. The standard InChI is InChI=1S/C22H20O9/c1-29-12-7-14(31-15(23)8-12)17-20(26)9-13-10-21(17,27)22(28,19(25)30-13)18(20)16(24)11-5-3-2-4-6-11/h2-8,13,17-18,26-28H,9-10H2,1H3/t13-,17-,18-,20-,21-,22+/m0/s1. The largest absolute Gasteiger partial charge is 0.496 e. The second-order valence-corrected chi connectivity index (χ2v) is 8.43. The van der Waals surface area contributed by atoms with Crippen LogP contribution < -0.4 is 10.4 Å². The Morgan fingerprint density at radius 1 is 1.10 bits per heavy atom. The van der Waals surface area contributed by atoms with Gasteiger partial charge in [0.05, 0.1) is 30.6 Å². The topological polar surface area (TPSA) is 144 Å². The van der Waals surface area contributed by atoms with Gasteiger partial charge in [0.2, 0.25) is 5.60 Å². The summed E-state index contributed by atoms with van der Waals surface area (Å²) in [7, 11) is 1.33. The van der Waals surface area contributed by atoms with Crippen LogP contribution in [0.3, 0.4) is 0 Å². The summed E-state index contributed by atoms with van der Waals surface area (Å²) in [5.41, 5.74) is -7.84. The fourth-order valence-electron chi connectivity index (χ4n) is 5.72. The third kappa shape index (κ3) is 2.39. The number of ether oxygens (including phenoxy) is 2. The van der Waals surface area contributed by atoms with E-state index < -0.39 is 52.1 Å². The zero-order valence-corrected chi connectivity index (χ0v) is 16.5. The summed E-state index contributed by atoms with van der Waals surface area (Å²) in [6, 6.07) is 10.2. The maximum Gasteiger partial charge on any atom is 0.342 e. The molecule has 0 spiro atoms. The number of benzene rings is 1. The first-order chi connectivity index (χ1) is 14.6. The van der Waals surface area contributed by atoms with Crippen LogP contribution in [0.4, 0.5) is 0 Å². The second-order valence-electron chi connectivity index (χ2n) is 8.43. The second kappa shape index (κ2) is 6.25. The minimum Gasteiger partial charge on any atom is -0.496 e. The van der Waals surface area contributed by atoms with Gasteiger partial charge in [0.15, 0.2) is 5.78 Å². The molecule has 0 unspecified atom stereocenters. The summed E-state index contributed by atoms with van der Waals surface area (Å²) < 4.78 is 15.6. The lowest BCUT2D eigenvalue weighted by atomic mass is 9.67. The van der Waals surface area contributed by atoms with Crippen molar-refractivity contribution in [3.63, 3.8) is 0 Å². The quantitative estimate of drug-likeness (QED) is 0.458. The average Bonchev–Trinajstić information content (AvgIpc) is 2.76. The van der Waals surface area contributed by atoms with Gasteiger partial charge in [-0.05, 0) is 0 Å². The van der Waals surface area contributed by atoms with Gasteiger partial charge in [-0.15, -0.1) is 0 Å². The van der Waals surface area contributed by atoms with Crippen molar-refractivity contribution < 1.29 is 38.8 Å². The molecule has 5 rings (SSSR count). The summed E-state index contributed by atoms with van der Waals surface area (Å²) >= 11 is 0. The smallest absolute Gasteiger partial charge is 0.342 e. The van der Waals surface area contributed by atoms with Crippen molar-refractivity contribution in [2.24, 2.45) is 5.92 Å². The van der Waals surface area contributed by atoms with Crippen LogP contribution in [0.5, 0.6) is 5.75 Å². The van der Waals surface area contributed by atoms with Gasteiger partial charge in [-0.2, -0.15) is 0 Å². The van der Waals surface area contributed by atoms with Gasteiger partial charge in [0.1, 0.15) is 23.2 Å². The number of esters is 1. The maximum absolute atomic E-state index is 13.5. The van der Waals surface area contributed by atoms with E-state index in [9.17, 15) is 29.7 Å². The molecule has 2 aromatic rings. The molecule has 2 aliphatic carbocycles. The summed E-state index contributed by atoms with van der Waals surface area (Å²) in [5, 5.41) is 35.1. The van der Waals surface area contributed by atoms with Crippen molar-refractivity contribution in [2.45, 2.75) is 41.7 Å². The zero-order valence-electron chi connectivity index (χ0n) is 16.5. The first-order valence-corrected chi connectivity index (χ1v) is 9.81. The third-order valence-electron chi connectivity index (χ3n) is 6.84. The van der Waals surface area contributed by atoms with E-state index in [0.717, 1.165) is 6.07 Å². The third-order valence-corrected chi connectivity index (χ3v) is 6.84. The van der Waals surface area contributed by atoms with Crippen LogP contribution in [0, 0.1) is 5.92 Å². The molecule has 3 bridgehead atoms. The van der Waals surface area contributed by atoms with Crippen LogP contribution in [-0.2, 0) is 9.53 Å². The number of fused-ring (bicyclic) bond motifs is 2. The van der Waals surface area contributed by atoms with Gasteiger partial charge in [0.25, 0.3) is 0 Å². The monoisotopic (exact) mass is 428 g/mol. The normalized spacial score (nSPS) is 38.1. The maximum atomic E-state index is 13.5. The fraction of sp³-hybridized carbons (Fsp3) is 0.409. The zero-order chi connectivity index (χ0) is 22.2. The van der Waals surface area contributed by atoms with Gasteiger partial charge in [-0.1, -0.05) is 30.3 Å². The summed E-state index contributed by atoms with van der Waals surface area (Å²) in [6.45, 7) is 0.